The van der Waals surface area contributed by atoms with E-state index in [9.17, 15) is 9.18 Å². The number of halogens is 1. The lowest BCUT2D eigenvalue weighted by Crippen LogP contribution is -2.49. The van der Waals surface area contributed by atoms with E-state index in [2.05, 4.69) is 41.1 Å². The van der Waals surface area contributed by atoms with E-state index in [1.807, 2.05) is 12.1 Å². The van der Waals surface area contributed by atoms with Crippen LogP contribution in [-0.4, -0.2) is 48.5 Å². The average Bonchev–Trinajstić information content (AvgIpc) is 2.72. The Hall–Kier alpha value is -2.99. The quantitative estimate of drug-likeness (QED) is 0.735. The fraction of sp³-hybridized carbons (Fsp3) is 0.304. The van der Waals surface area contributed by atoms with Crippen LogP contribution in [0, 0.1) is 19.7 Å². The van der Waals surface area contributed by atoms with Crippen LogP contribution in [0.25, 0.3) is 10.9 Å². The molecule has 1 saturated heterocycles. The Morgan fingerprint density at radius 2 is 1.72 bits per heavy atom. The summed E-state index contributed by atoms with van der Waals surface area (Å²) in [5, 5.41) is 3.83. The highest BCUT2D eigenvalue weighted by Crippen LogP contribution is 2.31. The second-order valence-corrected chi connectivity index (χ2v) is 7.48. The van der Waals surface area contributed by atoms with Crippen LogP contribution in [0.4, 0.5) is 15.8 Å². The van der Waals surface area contributed by atoms with E-state index in [0.29, 0.717) is 0 Å². The second kappa shape index (κ2) is 8.17. The maximum absolute atomic E-state index is 13.7. The molecule has 0 atom stereocenters. The van der Waals surface area contributed by atoms with Gasteiger partial charge in [-0.15, -0.1) is 0 Å². The summed E-state index contributed by atoms with van der Waals surface area (Å²) in [6.07, 6.45) is 0. The molecule has 0 radical (unpaired) electrons. The summed E-state index contributed by atoms with van der Waals surface area (Å²) >= 11 is 0. The maximum Gasteiger partial charge on any atom is 0.238 e. The number of pyridine rings is 1. The number of rotatable bonds is 4. The molecule has 5 nitrogen and oxygen atoms in total. The fourth-order valence-electron chi connectivity index (χ4n) is 3.90. The molecule has 6 heteroatoms. The molecule has 1 aliphatic rings. The van der Waals surface area contributed by atoms with Gasteiger partial charge in [-0.3, -0.25) is 14.7 Å². The summed E-state index contributed by atoms with van der Waals surface area (Å²) in [7, 11) is 0. The van der Waals surface area contributed by atoms with Gasteiger partial charge in [0.15, 0.2) is 0 Å². The predicted molar refractivity (Wildman–Crippen MR) is 115 cm³/mol. The van der Waals surface area contributed by atoms with Gasteiger partial charge in [-0.2, -0.15) is 0 Å². The molecule has 0 saturated carbocycles. The first-order valence-electron chi connectivity index (χ1n) is 9.90. The fourth-order valence-corrected chi connectivity index (χ4v) is 3.90. The highest BCUT2D eigenvalue weighted by Gasteiger charge is 2.23. The third kappa shape index (κ3) is 4.07. The molecule has 2 aromatic carbocycles. The van der Waals surface area contributed by atoms with Crippen molar-refractivity contribution < 1.29 is 9.18 Å². The van der Waals surface area contributed by atoms with Crippen LogP contribution in [0.1, 0.15) is 11.3 Å². The van der Waals surface area contributed by atoms with Crippen LogP contribution in [0.5, 0.6) is 0 Å². The molecular formula is C23H25FN4O. The Balaban J connectivity index is 1.43. The van der Waals surface area contributed by atoms with Gasteiger partial charge in [0.2, 0.25) is 5.91 Å². The zero-order chi connectivity index (χ0) is 20.4. The lowest BCUT2D eigenvalue weighted by atomic mass is 10.1. The summed E-state index contributed by atoms with van der Waals surface area (Å²) in [4.78, 5) is 21.5. The molecule has 4 rings (SSSR count). The third-order valence-electron chi connectivity index (χ3n) is 5.55. The van der Waals surface area contributed by atoms with Crippen LogP contribution in [0.3, 0.4) is 0 Å². The first-order valence-corrected chi connectivity index (χ1v) is 9.90. The van der Waals surface area contributed by atoms with Crippen molar-refractivity contribution in [3.63, 3.8) is 0 Å². The number of hydrogen-bond acceptors (Lipinski definition) is 4. The number of carbonyl (C=O) groups is 1. The number of fused-ring (bicyclic) bond motifs is 1. The largest absolute Gasteiger partial charge is 0.368 e. The minimum absolute atomic E-state index is 0.190. The van der Waals surface area contributed by atoms with Gasteiger partial charge in [0, 0.05) is 37.3 Å². The number of para-hydroxylation sites is 2. The third-order valence-corrected chi connectivity index (χ3v) is 5.55. The zero-order valence-corrected chi connectivity index (χ0v) is 16.8. The van der Waals surface area contributed by atoms with E-state index in [1.54, 1.807) is 18.2 Å². The first-order chi connectivity index (χ1) is 14.0. The number of aryl methyl sites for hydroxylation is 1. The standard InChI is InChI=1S/C23H25FN4O/c1-16-17(2)25-20-9-5-3-7-18(20)23(16)28-13-11-27(12-14-28)15-22(29)26-21-10-6-4-8-19(21)24/h3-10H,11-15H2,1-2H3,(H,26,29). The molecule has 29 heavy (non-hydrogen) atoms. The van der Waals surface area contributed by atoms with Crippen LogP contribution in [-0.2, 0) is 4.79 Å². The Bertz CT molecular complexity index is 1040. The summed E-state index contributed by atoms with van der Waals surface area (Å²) in [6.45, 7) is 7.66. The van der Waals surface area contributed by atoms with E-state index < -0.39 is 5.82 Å². The molecule has 1 amide bonds. The highest BCUT2D eigenvalue weighted by molar-refractivity contribution is 5.94. The van der Waals surface area contributed by atoms with Crippen LogP contribution < -0.4 is 10.2 Å². The van der Waals surface area contributed by atoms with Gasteiger partial charge in [-0.25, -0.2) is 4.39 Å². The van der Waals surface area contributed by atoms with Crippen molar-refractivity contribution in [2.45, 2.75) is 13.8 Å². The number of carbonyl (C=O) groups excluding carboxylic acids is 1. The number of hydrogen-bond donors (Lipinski definition) is 1. The first kappa shape index (κ1) is 19.3. The molecule has 0 spiro atoms. The van der Waals surface area contributed by atoms with Crippen molar-refractivity contribution in [1.29, 1.82) is 0 Å². The van der Waals surface area contributed by atoms with Gasteiger partial charge < -0.3 is 10.2 Å². The molecule has 0 bridgehead atoms. The number of piperazine rings is 1. The number of anilines is 2. The minimum atomic E-state index is -0.416. The Kier molecular flexibility index (Phi) is 5.45. The Labute approximate surface area is 170 Å². The highest BCUT2D eigenvalue weighted by atomic mass is 19.1. The van der Waals surface area contributed by atoms with Crippen LogP contribution >= 0.6 is 0 Å². The number of amides is 1. The van der Waals surface area contributed by atoms with Crippen molar-refractivity contribution in [2.75, 3.05) is 42.9 Å². The average molecular weight is 392 g/mol. The number of nitrogens with one attached hydrogen (secondary N) is 1. The summed E-state index contributed by atoms with van der Waals surface area (Å²) in [5.74, 6) is -0.606. The molecule has 1 aromatic heterocycles. The van der Waals surface area contributed by atoms with Gasteiger partial charge in [0.25, 0.3) is 0 Å². The van der Waals surface area contributed by atoms with E-state index in [1.165, 1.54) is 22.7 Å². The molecule has 1 N–H and O–H groups in total. The minimum Gasteiger partial charge on any atom is -0.368 e. The monoisotopic (exact) mass is 392 g/mol. The predicted octanol–water partition coefficient (Wildman–Crippen LogP) is 3.75. The summed E-state index contributed by atoms with van der Waals surface area (Å²) < 4.78 is 13.7. The van der Waals surface area contributed by atoms with Gasteiger partial charge in [0.05, 0.1) is 23.4 Å². The van der Waals surface area contributed by atoms with Crippen molar-refractivity contribution >= 4 is 28.2 Å². The van der Waals surface area contributed by atoms with E-state index >= 15 is 0 Å². The van der Waals surface area contributed by atoms with Crippen molar-refractivity contribution in [3.05, 3.63) is 65.6 Å². The van der Waals surface area contributed by atoms with Crippen molar-refractivity contribution in [1.82, 2.24) is 9.88 Å². The van der Waals surface area contributed by atoms with Crippen LogP contribution in [0.2, 0.25) is 0 Å². The smallest absolute Gasteiger partial charge is 0.238 e. The Morgan fingerprint density at radius 1 is 1.03 bits per heavy atom. The lowest BCUT2D eigenvalue weighted by Gasteiger charge is -2.37. The topological polar surface area (TPSA) is 48.5 Å². The molecule has 150 valence electrons. The molecule has 0 unspecified atom stereocenters. The number of nitrogens with zero attached hydrogens (tertiary/aromatic N) is 3. The molecule has 1 aliphatic heterocycles. The molecule has 3 aromatic rings. The van der Waals surface area contributed by atoms with Crippen molar-refractivity contribution in [2.24, 2.45) is 0 Å². The molecule has 1 fully saturated rings. The Morgan fingerprint density at radius 3 is 2.48 bits per heavy atom. The van der Waals surface area contributed by atoms with E-state index in [0.717, 1.165) is 37.4 Å². The zero-order valence-electron chi connectivity index (χ0n) is 16.8. The normalized spacial score (nSPS) is 14.9. The molecule has 2 heterocycles. The maximum atomic E-state index is 13.7. The molecular weight excluding hydrogens is 367 g/mol. The molecule has 0 aliphatic carbocycles. The van der Waals surface area contributed by atoms with Crippen molar-refractivity contribution in [3.8, 4) is 0 Å². The van der Waals surface area contributed by atoms with Gasteiger partial charge in [-0.1, -0.05) is 30.3 Å². The van der Waals surface area contributed by atoms with Gasteiger partial charge in [0.1, 0.15) is 5.82 Å². The van der Waals surface area contributed by atoms with E-state index in [-0.39, 0.29) is 18.1 Å². The van der Waals surface area contributed by atoms with E-state index in [4.69, 9.17) is 4.98 Å². The second-order valence-electron chi connectivity index (χ2n) is 7.48. The number of benzene rings is 2. The SMILES string of the molecule is Cc1nc2ccccc2c(N2CCN(CC(=O)Nc3ccccc3F)CC2)c1C. The summed E-state index contributed by atoms with van der Waals surface area (Å²) in [5.41, 5.74) is 4.73. The van der Waals surface area contributed by atoms with Crippen LogP contribution in [0.15, 0.2) is 48.5 Å². The number of aromatic nitrogens is 1. The van der Waals surface area contributed by atoms with Gasteiger partial charge >= 0.3 is 0 Å². The lowest BCUT2D eigenvalue weighted by molar-refractivity contribution is -0.117. The van der Waals surface area contributed by atoms with Gasteiger partial charge in [-0.05, 0) is 37.6 Å². The summed E-state index contributed by atoms with van der Waals surface area (Å²) in [6, 6.07) is 14.5.